The predicted octanol–water partition coefficient (Wildman–Crippen LogP) is -1.54. The highest BCUT2D eigenvalue weighted by molar-refractivity contribution is 7.46. The maximum Gasteiger partial charge on any atom is 0.469 e. The predicted molar refractivity (Wildman–Crippen MR) is 73.9 cm³/mol. The molecular formula is C10H13FN5O7P. The Labute approximate surface area is 132 Å². The van der Waals surface area contributed by atoms with Gasteiger partial charge in [0.15, 0.2) is 17.7 Å². The van der Waals surface area contributed by atoms with Crippen LogP contribution in [0.5, 0.6) is 0 Å². The molecule has 132 valence electrons. The number of aromatic amines is 1. The molecule has 4 atom stereocenters. The van der Waals surface area contributed by atoms with Crippen molar-refractivity contribution in [2.45, 2.75) is 24.5 Å². The summed E-state index contributed by atoms with van der Waals surface area (Å²) in [5.41, 5.74) is 0.288. The average Bonchev–Trinajstić information content (AvgIpc) is 3.04. The van der Waals surface area contributed by atoms with E-state index in [1.807, 2.05) is 0 Å². The zero-order chi connectivity index (χ0) is 17.5. The maximum atomic E-state index is 13.4. The Hall–Kier alpha value is -1.73. The molecule has 2 aromatic heterocycles. The summed E-state index contributed by atoms with van der Waals surface area (Å²) in [5.74, 6) is -0.0668. The van der Waals surface area contributed by atoms with Crippen LogP contribution in [0.25, 0.3) is 11.2 Å². The smallest absolute Gasteiger partial charge is 0.387 e. The van der Waals surface area contributed by atoms with Crippen molar-refractivity contribution in [3.63, 3.8) is 0 Å². The third-order valence-electron chi connectivity index (χ3n) is 3.31. The number of aliphatic hydroxyl groups excluding tert-OH is 2. The van der Waals surface area contributed by atoms with Crippen molar-refractivity contribution in [1.29, 1.82) is 0 Å². The summed E-state index contributed by atoms with van der Waals surface area (Å²) in [6.07, 6.45) is -5.21. The molecule has 0 aromatic carbocycles. The van der Waals surface area contributed by atoms with Crippen LogP contribution in [0.2, 0.25) is 0 Å². The molecule has 14 heteroatoms. The molecule has 24 heavy (non-hydrogen) atoms. The van der Waals surface area contributed by atoms with E-state index in [1.165, 1.54) is 6.33 Å². The Kier molecular flexibility index (Phi) is 4.48. The summed E-state index contributed by atoms with van der Waals surface area (Å²) >= 11 is 0. The van der Waals surface area contributed by atoms with E-state index in [1.54, 1.807) is 0 Å². The van der Waals surface area contributed by atoms with E-state index in [2.05, 4.69) is 29.8 Å². The molecule has 1 fully saturated rings. The Morgan fingerprint density at radius 2 is 2.12 bits per heavy atom. The summed E-state index contributed by atoms with van der Waals surface area (Å²) in [7, 11) is -4.76. The fraction of sp³-hybridized carbons (Fsp3) is 0.500. The summed E-state index contributed by atoms with van der Waals surface area (Å²) < 4.78 is 33.6. The highest BCUT2D eigenvalue weighted by Crippen LogP contribution is 2.37. The summed E-state index contributed by atoms with van der Waals surface area (Å²) in [6, 6.07) is 0. The lowest BCUT2D eigenvalue weighted by Crippen LogP contribution is -2.37. The van der Waals surface area contributed by atoms with Gasteiger partial charge < -0.3 is 35.0 Å². The number of imidazole rings is 1. The van der Waals surface area contributed by atoms with Gasteiger partial charge in [0, 0.05) is 0 Å². The first-order valence-corrected chi connectivity index (χ1v) is 8.12. The Morgan fingerprint density at radius 1 is 1.38 bits per heavy atom. The molecule has 6 N–H and O–H groups in total. The van der Waals surface area contributed by atoms with Crippen molar-refractivity contribution < 1.29 is 38.2 Å². The third kappa shape index (κ3) is 3.52. The molecule has 2 aromatic rings. The van der Waals surface area contributed by atoms with Crippen molar-refractivity contribution in [1.82, 2.24) is 19.9 Å². The number of fused-ring (bicyclic) bond motifs is 1. The van der Waals surface area contributed by atoms with Gasteiger partial charge >= 0.3 is 13.9 Å². The minimum absolute atomic E-state index is 0.0411. The van der Waals surface area contributed by atoms with Gasteiger partial charge in [0.1, 0.15) is 23.8 Å². The van der Waals surface area contributed by atoms with Gasteiger partial charge in [0.05, 0.1) is 12.9 Å². The van der Waals surface area contributed by atoms with E-state index in [0.29, 0.717) is 0 Å². The van der Waals surface area contributed by atoms with Gasteiger partial charge in [-0.1, -0.05) is 0 Å². The van der Waals surface area contributed by atoms with Crippen LogP contribution in [-0.2, 0) is 13.8 Å². The van der Waals surface area contributed by atoms with Gasteiger partial charge in [-0.05, 0) is 0 Å². The number of anilines is 1. The lowest BCUT2D eigenvalue weighted by Gasteiger charge is -2.17. The van der Waals surface area contributed by atoms with Crippen LogP contribution in [-0.4, -0.2) is 71.1 Å². The molecule has 0 radical (unpaired) electrons. The maximum absolute atomic E-state index is 13.4. The van der Waals surface area contributed by atoms with E-state index >= 15 is 0 Å². The molecule has 1 unspecified atom stereocenters. The number of hydrogen-bond acceptors (Lipinski definition) is 9. The first-order chi connectivity index (χ1) is 11.2. The number of ether oxygens (including phenoxy) is 1. The minimum atomic E-state index is -4.76. The summed E-state index contributed by atoms with van der Waals surface area (Å²) in [6.45, 7) is -0.654. The third-order valence-corrected chi connectivity index (χ3v) is 3.79. The monoisotopic (exact) mass is 365 g/mol. The largest absolute Gasteiger partial charge is 0.469 e. The van der Waals surface area contributed by atoms with Crippen molar-refractivity contribution in [2.24, 2.45) is 0 Å². The van der Waals surface area contributed by atoms with Gasteiger partial charge in [-0.25, -0.2) is 9.55 Å². The normalized spacial score (nSPS) is 27.7. The van der Waals surface area contributed by atoms with E-state index in [-0.39, 0.29) is 17.0 Å². The molecule has 0 bridgehead atoms. The number of aromatic nitrogens is 4. The number of aliphatic hydroxyl groups is 2. The van der Waals surface area contributed by atoms with Gasteiger partial charge in [-0.15, -0.1) is 0 Å². The van der Waals surface area contributed by atoms with Crippen LogP contribution >= 0.6 is 7.82 Å². The molecule has 0 amide bonds. The minimum Gasteiger partial charge on any atom is -0.387 e. The van der Waals surface area contributed by atoms with E-state index in [9.17, 15) is 19.2 Å². The highest BCUT2D eigenvalue weighted by Gasteiger charge is 2.44. The molecule has 0 spiro atoms. The fourth-order valence-corrected chi connectivity index (χ4v) is 2.56. The zero-order valence-electron chi connectivity index (χ0n) is 11.8. The molecule has 1 aliphatic rings. The molecule has 3 heterocycles. The second-order valence-electron chi connectivity index (χ2n) is 4.95. The first kappa shape index (κ1) is 17.1. The van der Waals surface area contributed by atoms with Crippen molar-refractivity contribution in [3.8, 4) is 0 Å². The molecule has 0 saturated carbocycles. The molecule has 12 nitrogen and oxygen atoms in total. The molecule has 1 aliphatic heterocycles. The lowest BCUT2D eigenvalue weighted by atomic mass is 10.1. The van der Waals surface area contributed by atoms with Crippen LogP contribution in [0.1, 0.15) is 0 Å². The Balaban J connectivity index is 1.75. The number of phosphoric ester groups is 1. The van der Waals surface area contributed by atoms with E-state index in [0.717, 1.165) is 0 Å². The van der Waals surface area contributed by atoms with Crippen LogP contribution in [0, 0.1) is 6.08 Å². The first-order valence-electron chi connectivity index (χ1n) is 6.59. The van der Waals surface area contributed by atoms with Gasteiger partial charge in [-0.3, -0.25) is 4.52 Å². The summed E-state index contributed by atoms with van der Waals surface area (Å²) in [4.78, 5) is 30.7. The number of H-pyrrole nitrogens is 1. The molecule has 0 aliphatic carbocycles. The van der Waals surface area contributed by atoms with Crippen LogP contribution in [0.15, 0.2) is 6.33 Å². The van der Waals surface area contributed by atoms with E-state index < -0.39 is 45.0 Å². The number of rotatable bonds is 5. The van der Waals surface area contributed by atoms with Crippen LogP contribution < -0.4 is 5.32 Å². The van der Waals surface area contributed by atoms with Crippen LogP contribution in [0.4, 0.5) is 10.2 Å². The topological polar surface area (TPSA) is 183 Å². The second kappa shape index (κ2) is 6.29. The zero-order valence-corrected chi connectivity index (χ0v) is 12.7. The number of nitrogens with zero attached hydrogens (tertiary/aromatic N) is 3. The van der Waals surface area contributed by atoms with Crippen molar-refractivity contribution >= 4 is 24.8 Å². The number of phosphoric acid groups is 1. The van der Waals surface area contributed by atoms with Gasteiger partial charge in [-0.2, -0.15) is 14.4 Å². The fourth-order valence-electron chi connectivity index (χ4n) is 2.22. The Bertz CT molecular complexity index is 784. The van der Waals surface area contributed by atoms with Crippen molar-refractivity contribution in [3.05, 3.63) is 12.4 Å². The van der Waals surface area contributed by atoms with Crippen molar-refractivity contribution in [2.75, 3.05) is 11.9 Å². The number of hydrogen-bond donors (Lipinski definition) is 6. The Morgan fingerprint density at radius 3 is 2.83 bits per heavy atom. The average molecular weight is 365 g/mol. The van der Waals surface area contributed by atoms with E-state index in [4.69, 9.17) is 14.5 Å². The SMILES string of the molecule is O=P(O)(O)OC[C@H]1OC(Nc2nc(F)nc3nc[nH]c23)[C@@H](O)[C@@H]1O. The second-order valence-corrected chi connectivity index (χ2v) is 6.19. The molecular weight excluding hydrogens is 352 g/mol. The van der Waals surface area contributed by atoms with Crippen LogP contribution in [0.3, 0.4) is 0 Å². The standard InChI is InChI=1S/C10H13FN5O7P/c11-10-15-7-4(12-2-13-7)8(16-10)14-9-6(18)5(17)3(23-9)1-22-24(19,20)21/h2-3,5-6,9,17-18H,1H2,(H2,19,20,21)(H2,12,13,14,15,16)/t3-,5-,6+,9?/m1/s1. The molecule has 1 saturated heterocycles. The quantitative estimate of drug-likeness (QED) is 0.267. The lowest BCUT2D eigenvalue weighted by molar-refractivity contribution is -0.0151. The van der Waals surface area contributed by atoms with Gasteiger partial charge in [0.25, 0.3) is 0 Å². The number of halogens is 1. The number of nitrogens with one attached hydrogen (secondary N) is 2. The molecule has 3 rings (SSSR count). The highest BCUT2D eigenvalue weighted by atomic mass is 31.2. The van der Waals surface area contributed by atoms with Gasteiger partial charge in [0.2, 0.25) is 0 Å². The summed E-state index contributed by atoms with van der Waals surface area (Å²) in [5, 5.41) is 22.4.